The summed E-state index contributed by atoms with van der Waals surface area (Å²) in [6.07, 6.45) is 0.207. The minimum Gasteiger partial charge on any atom is -0.394 e. The molecule has 1 aliphatic heterocycles. The van der Waals surface area contributed by atoms with Crippen molar-refractivity contribution < 1.29 is 25.2 Å². The first-order chi connectivity index (χ1) is 12.9. The second kappa shape index (κ2) is 8.42. The van der Waals surface area contributed by atoms with Crippen LogP contribution in [0.15, 0.2) is 12.7 Å². The summed E-state index contributed by atoms with van der Waals surface area (Å²) >= 11 is 0. The molecule has 0 aliphatic carbocycles. The van der Waals surface area contributed by atoms with Gasteiger partial charge in [0.15, 0.2) is 17.7 Å². The molecule has 2 aromatic rings. The molecule has 0 bridgehead atoms. The zero-order valence-corrected chi connectivity index (χ0v) is 14.8. The summed E-state index contributed by atoms with van der Waals surface area (Å²) < 4.78 is 7.37. The van der Waals surface area contributed by atoms with Gasteiger partial charge in [0.1, 0.15) is 24.1 Å². The van der Waals surface area contributed by atoms with Crippen LogP contribution in [0.3, 0.4) is 0 Å². The lowest BCUT2D eigenvalue weighted by atomic mass is 9.99. The van der Waals surface area contributed by atoms with Crippen LogP contribution in [0.2, 0.25) is 0 Å². The van der Waals surface area contributed by atoms with Gasteiger partial charge in [0, 0.05) is 6.04 Å². The number of aromatic nitrogens is 4. The van der Waals surface area contributed by atoms with E-state index in [-0.39, 0.29) is 18.5 Å². The second-order valence-electron chi connectivity index (χ2n) is 6.89. The van der Waals surface area contributed by atoms with E-state index in [0.717, 1.165) is 0 Å². The number of hydrogen-bond acceptors (Lipinski definition) is 10. The summed E-state index contributed by atoms with van der Waals surface area (Å²) in [5.74, 6) is 0.218. The predicted octanol–water partition coefficient (Wildman–Crippen LogP) is -1.73. The number of hydrogen-bond donors (Lipinski definition) is 6. The van der Waals surface area contributed by atoms with Crippen molar-refractivity contribution in [2.24, 2.45) is 5.73 Å². The van der Waals surface area contributed by atoms with E-state index in [1.54, 1.807) is 0 Å². The molecule has 11 heteroatoms. The molecule has 6 atom stereocenters. The Bertz CT molecular complexity index is 758. The molecule has 3 rings (SSSR count). The van der Waals surface area contributed by atoms with E-state index in [1.807, 2.05) is 0 Å². The maximum absolute atomic E-state index is 10.4. The van der Waals surface area contributed by atoms with E-state index < -0.39 is 30.6 Å². The van der Waals surface area contributed by atoms with Gasteiger partial charge < -0.3 is 36.6 Å². The quantitative estimate of drug-likeness (QED) is 0.306. The molecule has 27 heavy (non-hydrogen) atoms. The number of anilines is 1. The zero-order chi connectivity index (χ0) is 19.6. The first-order valence-electron chi connectivity index (χ1n) is 8.91. The molecule has 1 fully saturated rings. The van der Waals surface area contributed by atoms with Crippen LogP contribution in [0.1, 0.15) is 31.9 Å². The van der Waals surface area contributed by atoms with Crippen molar-refractivity contribution in [1.82, 2.24) is 19.5 Å². The van der Waals surface area contributed by atoms with E-state index >= 15 is 0 Å². The van der Waals surface area contributed by atoms with Crippen molar-refractivity contribution in [3.05, 3.63) is 12.7 Å². The van der Waals surface area contributed by atoms with Crippen molar-refractivity contribution in [3.8, 4) is 0 Å². The van der Waals surface area contributed by atoms with Crippen molar-refractivity contribution in [3.63, 3.8) is 0 Å². The Morgan fingerprint density at radius 3 is 2.70 bits per heavy atom. The number of nitrogens with two attached hydrogens (primary N) is 2. The highest BCUT2D eigenvalue weighted by atomic mass is 16.6. The standard InChI is InChI=1S/C16H26N6O5/c17-8(2-1-3-9(24)5-23)4-10-12(25)13(26)16(27-10)22-7-21-11-14(18)19-6-20-15(11)22/h6-10,12-13,16,23-26H,1-5,17H2,(H2,18,19,20)/t8-,9+,10-,12-,13-,16-/m1/s1. The number of fused-ring (bicyclic) bond motifs is 1. The second-order valence-corrected chi connectivity index (χ2v) is 6.89. The minimum atomic E-state index is -1.17. The van der Waals surface area contributed by atoms with Crippen LogP contribution in [0.4, 0.5) is 5.82 Å². The molecule has 11 nitrogen and oxygen atoms in total. The first kappa shape index (κ1) is 19.9. The molecule has 0 aromatic carbocycles. The van der Waals surface area contributed by atoms with Crippen LogP contribution < -0.4 is 11.5 Å². The third-order valence-corrected chi connectivity index (χ3v) is 4.86. The molecule has 3 heterocycles. The molecule has 1 saturated heterocycles. The Hall–Kier alpha value is -1.89. The fraction of sp³-hybridized carbons (Fsp3) is 0.688. The molecule has 150 valence electrons. The molecule has 1 aliphatic rings. The minimum absolute atomic E-state index is 0.218. The molecule has 0 radical (unpaired) electrons. The molecule has 0 spiro atoms. The van der Waals surface area contributed by atoms with E-state index in [9.17, 15) is 15.3 Å². The summed E-state index contributed by atoms with van der Waals surface area (Å²) in [6, 6.07) is -0.279. The normalized spacial score (nSPS) is 27.9. The van der Waals surface area contributed by atoms with Crippen molar-refractivity contribution in [1.29, 1.82) is 0 Å². The smallest absolute Gasteiger partial charge is 0.167 e. The van der Waals surface area contributed by atoms with Gasteiger partial charge in [-0.05, 0) is 25.7 Å². The summed E-state index contributed by atoms with van der Waals surface area (Å²) in [5.41, 5.74) is 12.7. The molecular weight excluding hydrogens is 356 g/mol. The summed E-state index contributed by atoms with van der Waals surface area (Å²) in [4.78, 5) is 12.1. The van der Waals surface area contributed by atoms with Gasteiger partial charge in [0.05, 0.1) is 25.1 Å². The van der Waals surface area contributed by atoms with Gasteiger partial charge in [-0.2, -0.15) is 0 Å². The lowest BCUT2D eigenvalue weighted by Crippen LogP contribution is -2.35. The van der Waals surface area contributed by atoms with E-state index in [4.69, 9.17) is 21.3 Å². The first-order valence-corrected chi connectivity index (χ1v) is 8.91. The Morgan fingerprint density at radius 2 is 1.96 bits per heavy atom. The van der Waals surface area contributed by atoms with Crippen molar-refractivity contribution in [2.75, 3.05) is 12.3 Å². The highest BCUT2D eigenvalue weighted by molar-refractivity contribution is 5.81. The number of aliphatic hydroxyl groups excluding tert-OH is 4. The lowest BCUT2D eigenvalue weighted by molar-refractivity contribution is -0.0388. The molecular formula is C16H26N6O5. The van der Waals surface area contributed by atoms with Gasteiger partial charge in [-0.1, -0.05) is 0 Å². The molecule has 0 amide bonds. The van der Waals surface area contributed by atoms with Gasteiger partial charge in [-0.25, -0.2) is 15.0 Å². The number of rotatable bonds is 8. The van der Waals surface area contributed by atoms with Crippen LogP contribution in [0, 0.1) is 0 Å². The van der Waals surface area contributed by atoms with Crippen LogP contribution in [-0.4, -0.2) is 77.0 Å². The SMILES string of the molecule is Nc1ncnc2c1ncn2[C@@H]1O[C@H](C[C@H](N)CCC[C@H](O)CO)[C@@H](O)[C@H]1O. The topological polar surface area (TPSA) is 186 Å². The van der Waals surface area contributed by atoms with Gasteiger partial charge in [0.2, 0.25) is 0 Å². The fourth-order valence-corrected chi connectivity index (χ4v) is 3.33. The Kier molecular flexibility index (Phi) is 6.19. The Morgan fingerprint density at radius 1 is 1.19 bits per heavy atom. The van der Waals surface area contributed by atoms with E-state index in [0.29, 0.717) is 36.8 Å². The average molecular weight is 382 g/mol. The van der Waals surface area contributed by atoms with Crippen molar-refractivity contribution >= 4 is 17.0 Å². The molecule has 0 unspecified atom stereocenters. The summed E-state index contributed by atoms with van der Waals surface area (Å²) in [7, 11) is 0. The average Bonchev–Trinajstić information content (AvgIpc) is 3.19. The van der Waals surface area contributed by atoms with Gasteiger partial charge in [0.25, 0.3) is 0 Å². The third kappa shape index (κ3) is 4.18. The van der Waals surface area contributed by atoms with Crippen LogP contribution in [0.5, 0.6) is 0 Å². The number of aliphatic hydroxyl groups is 4. The highest BCUT2D eigenvalue weighted by Crippen LogP contribution is 2.33. The van der Waals surface area contributed by atoms with Gasteiger partial charge in [-0.3, -0.25) is 4.57 Å². The molecule has 8 N–H and O–H groups in total. The van der Waals surface area contributed by atoms with Crippen LogP contribution in [-0.2, 0) is 4.74 Å². The lowest BCUT2D eigenvalue weighted by Gasteiger charge is -2.19. The van der Waals surface area contributed by atoms with Crippen molar-refractivity contribution in [2.45, 2.75) is 62.4 Å². The number of nitrogen functional groups attached to an aromatic ring is 1. The summed E-state index contributed by atoms with van der Waals surface area (Å²) in [5, 5.41) is 39.0. The number of nitrogens with zero attached hydrogens (tertiary/aromatic N) is 4. The van der Waals surface area contributed by atoms with E-state index in [1.165, 1.54) is 17.2 Å². The highest BCUT2D eigenvalue weighted by Gasteiger charge is 2.44. The maximum Gasteiger partial charge on any atom is 0.167 e. The largest absolute Gasteiger partial charge is 0.394 e. The Balaban J connectivity index is 1.64. The van der Waals surface area contributed by atoms with Gasteiger partial charge in [-0.15, -0.1) is 0 Å². The molecule has 2 aromatic heterocycles. The number of imidazole rings is 1. The zero-order valence-electron chi connectivity index (χ0n) is 14.8. The predicted molar refractivity (Wildman–Crippen MR) is 95.2 cm³/mol. The maximum atomic E-state index is 10.4. The Labute approximate surface area is 155 Å². The number of ether oxygens (including phenoxy) is 1. The van der Waals surface area contributed by atoms with Gasteiger partial charge >= 0.3 is 0 Å². The van der Waals surface area contributed by atoms with Crippen LogP contribution >= 0.6 is 0 Å². The fourth-order valence-electron chi connectivity index (χ4n) is 3.33. The van der Waals surface area contributed by atoms with E-state index in [2.05, 4.69) is 15.0 Å². The summed E-state index contributed by atoms with van der Waals surface area (Å²) in [6.45, 7) is -0.277. The third-order valence-electron chi connectivity index (χ3n) is 4.86. The monoisotopic (exact) mass is 382 g/mol. The molecule has 0 saturated carbocycles. The van der Waals surface area contributed by atoms with Crippen LogP contribution in [0.25, 0.3) is 11.2 Å².